The molecule has 2 aromatic heterocycles. The molecule has 6 nitrogen and oxygen atoms in total. The number of anilines is 1. The first-order chi connectivity index (χ1) is 9.04. The van der Waals surface area contributed by atoms with Gasteiger partial charge in [-0.3, -0.25) is 14.5 Å². The van der Waals surface area contributed by atoms with E-state index in [1.165, 1.54) is 4.68 Å². The number of rotatable bonds is 4. The first-order valence-corrected chi connectivity index (χ1v) is 6.00. The van der Waals surface area contributed by atoms with Gasteiger partial charge in [-0.1, -0.05) is 6.07 Å². The van der Waals surface area contributed by atoms with Crippen LogP contribution in [0, 0.1) is 6.92 Å². The van der Waals surface area contributed by atoms with Gasteiger partial charge in [-0.15, -0.1) is 0 Å². The largest absolute Gasteiger partial charge is 0.382 e. The van der Waals surface area contributed by atoms with Crippen LogP contribution in [0.25, 0.3) is 0 Å². The highest BCUT2D eigenvalue weighted by Gasteiger charge is 2.11. The van der Waals surface area contributed by atoms with Crippen molar-refractivity contribution in [1.82, 2.24) is 19.7 Å². The van der Waals surface area contributed by atoms with Gasteiger partial charge in [-0.05, 0) is 25.1 Å². The van der Waals surface area contributed by atoms with Crippen LogP contribution in [0.15, 0.2) is 30.5 Å². The summed E-state index contributed by atoms with van der Waals surface area (Å²) in [5, 5.41) is 3.99. The quantitative estimate of drug-likeness (QED) is 0.882. The maximum atomic E-state index is 12.0. The topological polar surface area (TPSA) is 77.0 Å². The number of aryl methyl sites for hydroxylation is 1. The van der Waals surface area contributed by atoms with Crippen molar-refractivity contribution in [1.29, 1.82) is 0 Å². The van der Waals surface area contributed by atoms with Crippen LogP contribution in [0.1, 0.15) is 11.4 Å². The third-order valence-corrected chi connectivity index (χ3v) is 2.73. The molecule has 1 amide bonds. The monoisotopic (exact) mass is 259 g/mol. The molecule has 2 heterocycles. The predicted octanol–water partition coefficient (Wildman–Crippen LogP) is 0.827. The fraction of sp³-hybridized carbons (Fsp3) is 0.308. The number of likely N-dealkylation sites (N-methyl/N-ethyl adjacent to an activating group) is 1. The molecular weight excluding hydrogens is 242 g/mol. The number of hydrogen-bond acceptors (Lipinski definition) is 4. The molecule has 0 aliphatic heterocycles. The Morgan fingerprint density at radius 1 is 1.42 bits per heavy atom. The minimum absolute atomic E-state index is 0.0357. The van der Waals surface area contributed by atoms with Crippen LogP contribution in [0.2, 0.25) is 0 Å². The number of aromatic nitrogens is 3. The summed E-state index contributed by atoms with van der Waals surface area (Å²) in [6, 6.07) is 7.43. The minimum Gasteiger partial charge on any atom is -0.382 e. The fourth-order valence-electron chi connectivity index (χ4n) is 1.74. The Hall–Kier alpha value is -2.37. The van der Waals surface area contributed by atoms with Gasteiger partial charge in [0, 0.05) is 18.9 Å². The Morgan fingerprint density at radius 2 is 2.21 bits per heavy atom. The zero-order chi connectivity index (χ0) is 13.8. The number of nitrogens with zero attached hydrogens (tertiary/aromatic N) is 4. The molecule has 19 heavy (non-hydrogen) atoms. The maximum Gasteiger partial charge on any atom is 0.244 e. The molecular formula is C13H17N5O. The van der Waals surface area contributed by atoms with Crippen LogP contribution in [-0.2, 0) is 17.9 Å². The first kappa shape index (κ1) is 13.1. The van der Waals surface area contributed by atoms with Gasteiger partial charge >= 0.3 is 0 Å². The molecule has 0 bridgehead atoms. The number of nitrogens with two attached hydrogens (primary N) is 1. The second kappa shape index (κ2) is 5.51. The molecule has 0 unspecified atom stereocenters. The molecule has 2 rings (SSSR count). The average molecular weight is 259 g/mol. The summed E-state index contributed by atoms with van der Waals surface area (Å²) in [4.78, 5) is 18.0. The number of nitrogen functional groups attached to an aromatic ring is 1. The van der Waals surface area contributed by atoms with Crippen LogP contribution < -0.4 is 5.73 Å². The zero-order valence-corrected chi connectivity index (χ0v) is 11.1. The van der Waals surface area contributed by atoms with Crippen molar-refractivity contribution in [3.63, 3.8) is 0 Å². The van der Waals surface area contributed by atoms with Gasteiger partial charge in [0.25, 0.3) is 0 Å². The number of amides is 1. The SMILES string of the molecule is Cc1cccc(CN(C)C(=O)Cn2ccc(N)n2)n1. The first-order valence-electron chi connectivity index (χ1n) is 6.00. The molecule has 2 aromatic rings. The summed E-state index contributed by atoms with van der Waals surface area (Å²) in [5.41, 5.74) is 7.32. The lowest BCUT2D eigenvalue weighted by molar-refractivity contribution is -0.131. The van der Waals surface area contributed by atoms with E-state index in [1.807, 2.05) is 25.1 Å². The average Bonchev–Trinajstić information content (AvgIpc) is 2.74. The second-order valence-corrected chi connectivity index (χ2v) is 4.46. The maximum absolute atomic E-state index is 12.0. The van der Waals surface area contributed by atoms with Crippen molar-refractivity contribution in [2.24, 2.45) is 0 Å². The Bertz CT molecular complexity index is 578. The molecule has 2 N–H and O–H groups in total. The molecule has 0 spiro atoms. The van der Waals surface area contributed by atoms with Crippen molar-refractivity contribution in [2.75, 3.05) is 12.8 Å². The summed E-state index contributed by atoms with van der Waals surface area (Å²) in [5.74, 6) is 0.377. The van der Waals surface area contributed by atoms with Crippen LogP contribution in [-0.4, -0.2) is 32.6 Å². The van der Waals surface area contributed by atoms with Crippen molar-refractivity contribution in [2.45, 2.75) is 20.0 Å². The van der Waals surface area contributed by atoms with E-state index in [2.05, 4.69) is 10.1 Å². The molecule has 0 aliphatic carbocycles. The van der Waals surface area contributed by atoms with E-state index in [0.29, 0.717) is 12.4 Å². The normalized spacial score (nSPS) is 10.4. The fourth-order valence-corrected chi connectivity index (χ4v) is 1.74. The van der Waals surface area contributed by atoms with Crippen molar-refractivity contribution in [3.05, 3.63) is 41.9 Å². The minimum atomic E-state index is -0.0357. The van der Waals surface area contributed by atoms with E-state index in [0.717, 1.165) is 11.4 Å². The molecule has 0 aliphatic rings. The van der Waals surface area contributed by atoms with E-state index in [4.69, 9.17) is 5.73 Å². The van der Waals surface area contributed by atoms with E-state index >= 15 is 0 Å². The standard InChI is InChI=1S/C13H17N5O/c1-10-4-3-5-11(15-10)8-17(2)13(19)9-18-7-6-12(14)16-18/h3-7H,8-9H2,1-2H3,(H2,14,16). The molecule has 0 radical (unpaired) electrons. The zero-order valence-electron chi connectivity index (χ0n) is 11.1. The van der Waals surface area contributed by atoms with Crippen molar-refractivity contribution in [3.8, 4) is 0 Å². The van der Waals surface area contributed by atoms with Gasteiger partial charge in [-0.25, -0.2) is 0 Å². The number of pyridine rings is 1. The lowest BCUT2D eigenvalue weighted by Gasteiger charge is -2.16. The van der Waals surface area contributed by atoms with Crippen molar-refractivity contribution < 1.29 is 4.79 Å². The van der Waals surface area contributed by atoms with Crippen LogP contribution >= 0.6 is 0 Å². The Kier molecular flexibility index (Phi) is 3.79. The van der Waals surface area contributed by atoms with Gasteiger partial charge < -0.3 is 10.6 Å². The summed E-state index contributed by atoms with van der Waals surface area (Å²) in [6.45, 7) is 2.59. The third-order valence-electron chi connectivity index (χ3n) is 2.73. The molecule has 6 heteroatoms. The summed E-state index contributed by atoms with van der Waals surface area (Å²) >= 11 is 0. The predicted molar refractivity (Wildman–Crippen MR) is 72.1 cm³/mol. The van der Waals surface area contributed by atoms with Crippen LogP contribution in [0.4, 0.5) is 5.82 Å². The summed E-state index contributed by atoms with van der Waals surface area (Å²) in [6.07, 6.45) is 1.69. The smallest absolute Gasteiger partial charge is 0.244 e. The van der Waals surface area contributed by atoms with Gasteiger partial charge in [0.2, 0.25) is 5.91 Å². The molecule has 0 saturated carbocycles. The second-order valence-electron chi connectivity index (χ2n) is 4.46. The highest BCUT2D eigenvalue weighted by molar-refractivity contribution is 5.75. The molecule has 0 atom stereocenters. The summed E-state index contributed by atoms with van der Waals surface area (Å²) < 4.78 is 1.53. The Balaban J connectivity index is 1.96. The van der Waals surface area contributed by atoms with Gasteiger partial charge in [0.05, 0.1) is 12.2 Å². The van der Waals surface area contributed by atoms with Gasteiger partial charge in [0.1, 0.15) is 12.4 Å². The molecule has 0 fully saturated rings. The van der Waals surface area contributed by atoms with E-state index in [1.54, 1.807) is 24.2 Å². The van der Waals surface area contributed by atoms with Gasteiger partial charge in [-0.2, -0.15) is 5.10 Å². The number of carbonyl (C=O) groups excluding carboxylic acids is 1. The molecule has 0 saturated heterocycles. The third kappa shape index (κ3) is 3.54. The van der Waals surface area contributed by atoms with E-state index < -0.39 is 0 Å². The lowest BCUT2D eigenvalue weighted by Crippen LogP contribution is -2.30. The Labute approximate surface area is 111 Å². The van der Waals surface area contributed by atoms with Crippen LogP contribution in [0.3, 0.4) is 0 Å². The number of carbonyl (C=O) groups is 1. The molecule has 0 aromatic carbocycles. The van der Waals surface area contributed by atoms with E-state index in [9.17, 15) is 4.79 Å². The van der Waals surface area contributed by atoms with E-state index in [-0.39, 0.29) is 12.5 Å². The Morgan fingerprint density at radius 3 is 2.84 bits per heavy atom. The van der Waals surface area contributed by atoms with Crippen LogP contribution in [0.5, 0.6) is 0 Å². The number of hydrogen-bond donors (Lipinski definition) is 1. The van der Waals surface area contributed by atoms with Gasteiger partial charge in [0.15, 0.2) is 0 Å². The van der Waals surface area contributed by atoms with Crippen molar-refractivity contribution >= 4 is 11.7 Å². The molecule has 100 valence electrons. The summed E-state index contributed by atoms with van der Waals surface area (Å²) in [7, 11) is 1.75. The highest BCUT2D eigenvalue weighted by Crippen LogP contribution is 2.03. The highest BCUT2D eigenvalue weighted by atomic mass is 16.2. The lowest BCUT2D eigenvalue weighted by atomic mass is 10.3.